The number of likely N-dealkylation sites (tertiary alicyclic amines) is 1. The maximum absolute atomic E-state index is 5.38. The smallest absolute Gasteiger partial charge is 0.137 e. The summed E-state index contributed by atoms with van der Waals surface area (Å²) in [6.45, 7) is 6.95. The van der Waals surface area contributed by atoms with Crippen molar-refractivity contribution in [3.63, 3.8) is 0 Å². The molecular formula is C11H20N4O. The van der Waals surface area contributed by atoms with Gasteiger partial charge in [0.2, 0.25) is 0 Å². The third kappa shape index (κ3) is 3.02. The lowest BCUT2D eigenvalue weighted by Crippen LogP contribution is -2.37. The van der Waals surface area contributed by atoms with Gasteiger partial charge in [0.1, 0.15) is 12.2 Å². The van der Waals surface area contributed by atoms with Crippen LogP contribution in [0.3, 0.4) is 0 Å². The summed E-state index contributed by atoms with van der Waals surface area (Å²) >= 11 is 0. The number of nitrogens with one attached hydrogen (secondary N) is 1. The van der Waals surface area contributed by atoms with Crippen LogP contribution in [0.2, 0.25) is 0 Å². The average Bonchev–Trinajstić information content (AvgIpc) is 2.83. The van der Waals surface area contributed by atoms with Crippen molar-refractivity contribution < 1.29 is 4.74 Å². The Balaban J connectivity index is 1.80. The summed E-state index contributed by atoms with van der Waals surface area (Å²) in [4.78, 5) is 6.70. The van der Waals surface area contributed by atoms with Crippen LogP contribution in [0.4, 0.5) is 0 Å². The van der Waals surface area contributed by atoms with Gasteiger partial charge in [-0.05, 0) is 26.3 Å². The SMILES string of the molecule is CCOCCN1CCCC(c2ncn[nH]2)C1. The summed E-state index contributed by atoms with van der Waals surface area (Å²) in [5.74, 6) is 1.54. The van der Waals surface area contributed by atoms with Crippen LogP contribution in [0.15, 0.2) is 6.33 Å². The van der Waals surface area contributed by atoms with Crippen molar-refractivity contribution in [2.45, 2.75) is 25.7 Å². The monoisotopic (exact) mass is 224 g/mol. The standard InChI is InChI=1S/C11H20N4O/c1-2-16-7-6-15-5-3-4-10(8-15)11-12-9-13-14-11/h9-10H,2-8H2,1H3,(H,12,13,14). The van der Waals surface area contributed by atoms with Crippen molar-refractivity contribution >= 4 is 0 Å². The molecule has 0 spiro atoms. The van der Waals surface area contributed by atoms with Gasteiger partial charge >= 0.3 is 0 Å². The number of aromatic amines is 1. The first-order chi connectivity index (χ1) is 7.90. The number of piperidine rings is 1. The minimum Gasteiger partial charge on any atom is -0.380 e. The molecule has 0 aliphatic carbocycles. The van der Waals surface area contributed by atoms with Crippen molar-refractivity contribution in [1.82, 2.24) is 20.1 Å². The molecule has 0 saturated carbocycles. The van der Waals surface area contributed by atoms with E-state index in [1.54, 1.807) is 6.33 Å². The highest BCUT2D eigenvalue weighted by Gasteiger charge is 2.22. The molecule has 0 radical (unpaired) electrons. The molecule has 1 N–H and O–H groups in total. The second-order valence-corrected chi connectivity index (χ2v) is 4.21. The molecule has 16 heavy (non-hydrogen) atoms. The molecule has 1 aliphatic rings. The Morgan fingerprint density at radius 2 is 2.56 bits per heavy atom. The molecule has 90 valence electrons. The fraction of sp³-hybridized carbons (Fsp3) is 0.818. The van der Waals surface area contributed by atoms with Crippen molar-refractivity contribution in [2.75, 3.05) is 32.8 Å². The predicted octanol–water partition coefficient (Wildman–Crippen LogP) is 1.02. The summed E-state index contributed by atoms with van der Waals surface area (Å²) < 4.78 is 5.38. The molecule has 2 heterocycles. The third-order valence-electron chi connectivity index (χ3n) is 3.08. The van der Waals surface area contributed by atoms with Gasteiger partial charge in [0.25, 0.3) is 0 Å². The molecule has 1 aromatic heterocycles. The van der Waals surface area contributed by atoms with Crippen LogP contribution in [-0.2, 0) is 4.74 Å². The molecule has 1 aromatic rings. The molecule has 5 nitrogen and oxygen atoms in total. The Morgan fingerprint density at radius 1 is 1.62 bits per heavy atom. The van der Waals surface area contributed by atoms with E-state index in [1.807, 2.05) is 6.92 Å². The minimum absolute atomic E-state index is 0.512. The van der Waals surface area contributed by atoms with Crippen LogP contribution in [0.5, 0.6) is 0 Å². The van der Waals surface area contributed by atoms with E-state index < -0.39 is 0 Å². The van der Waals surface area contributed by atoms with E-state index in [0.29, 0.717) is 5.92 Å². The Morgan fingerprint density at radius 3 is 3.31 bits per heavy atom. The molecular weight excluding hydrogens is 204 g/mol. The second-order valence-electron chi connectivity index (χ2n) is 4.21. The number of aromatic nitrogens is 3. The zero-order chi connectivity index (χ0) is 11.2. The fourth-order valence-corrected chi connectivity index (χ4v) is 2.23. The number of ether oxygens (including phenoxy) is 1. The number of rotatable bonds is 5. The second kappa shape index (κ2) is 5.96. The molecule has 1 atom stereocenters. The summed E-state index contributed by atoms with van der Waals surface area (Å²) in [6, 6.07) is 0. The van der Waals surface area contributed by atoms with Crippen molar-refractivity contribution in [2.24, 2.45) is 0 Å². The van der Waals surface area contributed by atoms with Gasteiger partial charge in [0, 0.05) is 25.6 Å². The topological polar surface area (TPSA) is 54.0 Å². The molecule has 0 aromatic carbocycles. The number of H-pyrrole nitrogens is 1. The molecule has 1 saturated heterocycles. The lowest BCUT2D eigenvalue weighted by molar-refractivity contribution is 0.0999. The Kier molecular flexibility index (Phi) is 4.30. The summed E-state index contributed by atoms with van der Waals surface area (Å²) in [6.07, 6.45) is 4.03. The van der Waals surface area contributed by atoms with Crippen molar-refractivity contribution in [3.8, 4) is 0 Å². The summed E-state index contributed by atoms with van der Waals surface area (Å²) in [7, 11) is 0. The maximum Gasteiger partial charge on any atom is 0.137 e. The summed E-state index contributed by atoms with van der Waals surface area (Å²) in [5, 5.41) is 6.89. The zero-order valence-corrected chi connectivity index (χ0v) is 9.85. The first-order valence-corrected chi connectivity index (χ1v) is 6.05. The van der Waals surface area contributed by atoms with Gasteiger partial charge in [0.05, 0.1) is 6.61 Å². The lowest BCUT2D eigenvalue weighted by atomic mass is 9.97. The third-order valence-corrected chi connectivity index (χ3v) is 3.08. The number of hydrogen-bond acceptors (Lipinski definition) is 4. The van der Waals surface area contributed by atoms with Gasteiger partial charge in [-0.2, -0.15) is 5.10 Å². The highest BCUT2D eigenvalue weighted by molar-refractivity contribution is 4.96. The van der Waals surface area contributed by atoms with E-state index in [9.17, 15) is 0 Å². The fourth-order valence-electron chi connectivity index (χ4n) is 2.23. The van der Waals surface area contributed by atoms with E-state index in [4.69, 9.17) is 4.74 Å². The number of nitrogens with zero attached hydrogens (tertiary/aromatic N) is 3. The first-order valence-electron chi connectivity index (χ1n) is 6.05. The van der Waals surface area contributed by atoms with Crippen LogP contribution >= 0.6 is 0 Å². The largest absolute Gasteiger partial charge is 0.380 e. The molecule has 1 aliphatic heterocycles. The molecule has 2 rings (SSSR count). The van der Waals surface area contributed by atoms with E-state index in [1.165, 1.54) is 19.4 Å². The van der Waals surface area contributed by atoms with E-state index >= 15 is 0 Å². The van der Waals surface area contributed by atoms with Gasteiger partial charge in [-0.1, -0.05) is 0 Å². The summed E-state index contributed by atoms with van der Waals surface area (Å²) in [5.41, 5.74) is 0. The van der Waals surface area contributed by atoms with Gasteiger partial charge in [-0.15, -0.1) is 0 Å². The van der Waals surface area contributed by atoms with Crippen LogP contribution in [0.25, 0.3) is 0 Å². The van der Waals surface area contributed by atoms with Crippen LogP contribution in [0, 0.1) is 0 Å². The van der Waals surface area contributed by atoms with Crippen molar-refractivity contribution in [3.05, 3.63) is 12.2 Å². The van der Waals surface area contributed by atoms with E-state index in [-0.39, 0.29) is 0 Å². The quantitative estimate of drug-likeness (QED) is 0.759. The molecule has 0 bridgehead atoms. The molecule has 1 fully saturated rings. The molecule has 1 unspecified atom stereocenters. The minimum atomic E-state index is 0.512. The van der Waals surface area contributed by atoms with Crippen LogP contribution < -0.4 is 0 Å². The van der Waals surface area contributed by atoms with Gasteiger partial charge in [-0.3, -0.25) is 5.10 Å². The highest BCUT2D eigenvalue weighted by atomic mass is 16.5. The maximum atomic E-state index is 5.38. The molecule has 5 heteroatoms. The predicted molar refractivity (Wildman–Crippen MR) is 61.3 cm³/mol. The van der Waals surface area contributed by atoms with Gasteiger partial charge < -0.3 is 9.64 Å². The average molecular weight is 224 g/mol. The Labute approximate surface area is 96.2 Å². The van der Waals surface area contributed by atoms with Gasteiger partial charge in [-0.25, -0.2) is 4.98 Å². The molecule has 0 amide bonds. The Hall–Kier alpha value is -0.940. The lowest BCUT2D eigenvalue weighted by Gasteiger charge is -2.31. The van der Waals surface area contributed by atoms with E-state index in [2.05, 4.69) is 20.1 Å². The van der Waals surface area contributed by atoms with Crippen LogP contribution in [0.1, 0.15) is 31.5 Å². The van der Waals surface area contributed by atoms with E-state index in [0.717, 1.165) is 32.1 Å². The normalized spacial score (nSPS) is 22.4. The van der Waals surface area contributed by atoms with Gasteiger partial charge in [0.15, 0.2) is 0 Å². The zero-order valence-electron chi connectivity index (χ0n) is 9.85. The highest BCUT2D eigenvalue weighted by Crippen LogP contribution is 2.23. The van der Waals surface area contributed by atoms with Crippen LogP contribution in [-0.4, -0.2) is 52.9 Å². The van der Waals surface area contributed by atoms with Crippen molar-refractivity contribution in [1.29, 1.82) is 0 Å². The Bertz CT molecular complexity index is 288. The number of hydrogen-bond donors (Lipinski definition) is 1. The first kappa shape index (κ1) is 11.5.